The van der Waals surface area contributed by atoms with Crippen molar-refractivity contribution in [2.75, 3.05) is 0 Å². The summed E-state index contributed by atoms with van der Waals surface area (Å²) in [6, 6.07) is -0.474. The smallest absolute Gasteiger partial charge is 0.244 e. The first-order valence-electron chi connectivity index (χ1n) is 2.64. The van der Waals surface area contributed by atoms with Gasteiger partial charge in [-0.25, -0.2) is 4.79 Å². The van der Waals surface area contributed by atoms with E-state index in [4.69, 9.17) is 0 Å². The molecule has 10 heavy (non-hydrogen) atoms. The highest BCUT2D eigenvalue weighted by atomic mass is 16.2. The summed E-state index contributed by atoms with van der Waals surface area (Å²) < 4.78 is 0. The number of azo groups is 1. The van der Waals surface area contributed by atoms with E-state index in [-0.39, 0.29) is 0 Å². The lowest BCUT2D eigenvalue weighted by Crippen LogP contribution is -2.01. The maximum atomic E-state index is 10.4. The molecule has 0 aliphatic carbocycles. The summed E-state index contributed by atoms with van der Waals surface area (Å²) in [4.78, 5) is 17.4. The molecular formula is C5H2N4O. The fourth-order valence-corrected chi connectivity index (χ4v) is 0.633. The molecule has 0 radical (unpaired) electrons. The number of hydrogen-bond acceptors (Lipinski definition) is 3. The van der Waals surface area contributed by atoms with Crippen molar-refractivity contribution < 1.29 is 4.79 Å². The number of urea groups is 1. The van der Waals surface area contributed by atoms with Crippen LogP contribution in [0.3, 0.4) is 0 Å². The molecule has 5 heteroatoms. The first-order chi connectivity index (χ1) is 4.86. The van der Waals surface area contributed by atoms with Crippen molar-refractivity contribution in [2.45, 2.75) is 0 Å². The van der Waals surface area contributed by atoms with Gasteiger partial charge in [-0.15, -0.1) is 5.11 Å². The minimum Gasteiger partial charge on any atom is -0.244 e. The van der Waals surface area contributed by atoms with Crippen LogP contribution in [0.15, 0.2) is 32.1 Å². The van der Waals surface area contributed by atoms with Crippen molar-refractivity contribution >= 4 is 18.0 Å². The Balaban J connectivity index is 2.28. The molecule has 0 fully saturated rings. The quantitative estimate of drug-likeness (QED) is 0.526. The van der Waals surface area contributed by atoms with Gasteiger partial charge in [0, 0.05) is 0 Å². The molecule has 0 aromatic carbocycles. The van der Waals surface area contributed by atoms with E-state index >= 15 is 0 Å². The van der Waals surface area contributed by atoms with Gasteiger partial charge in [-0.1, -0.05) is 0 Å². The van der Waals surface area contributed by atoms with Gasteiger partial charge < -0.3 is 0 Å². The number of aliphatic imine (C=N–C) groups is 2. The van der Waals surface area contributed by atoms with E-state index in [0.29, 0.717) is 11.4 Å². The van der Waals surface area contributed by atoms with Crippen molar-refractivity contribution in [3.05, 3.63) is 11.9 Å². The van der Waals surface area contributed by atoms with E-state index in [2.05, 4.69) is 20.2 Å². The summed E-state index contributed by atoms with van der Waals surface area (Å²) in [6.07, 6.45) is 2.91. The van der Waals surface area contributed by atoms with E-state index in [1.807, 2.05) is 0 Å². The Morgan fingerprint density at radius 1 is 1.40 bits per heavy atom. The topological polar surface area (TPSA) is 66.5 Å². The highest BCUT2D eigenvalue weighted by Gasteiger charge is 2.15. The Morgan fingerprint density at radius 2 is 2.20 bits per heavy atom. The third-order valence-electron chi connectivity index (χ3n) is 1.12. The SMILES string of the molecule is O=C1N=CC(C2=CN=N2)=N1. The molecular weight excluding hydrogens is 132 g/mol. The molecule has 0 aromatic rings. The second-order valence-electron chi connectivity index (χ2n) is 1.77. The molecule has 5 nitrogen and oxygen atoms in total. The largest absolute Gasteiger partial charge is 0.367 e. The van der Waals surface area contributed by atoms with Crippen LogP contribution >= 0.6 is 0 Å². The highest BCUT2D eigenvalue weighted by Crippen LogP contribution is 2.12. The van der Waals surface area contributed by atoms with Gasteiger partial charge in [-0.05, 0) is 0 Å². The van der Waals surface area contributed by atoms with Crippen LogP contribution in [0.5, 0.6) is 0 Å². The number of rotatable bonds is 1. The molecule has 2 heterocycles. The number of carbonyl (C=O) groups is 1. The van der Waals surface area contributed by atoms with Crippen LogP contribution in [-0.2, 0) is 0 Å². The molecule has 2 rings (SSSR count). The zero-order valence-corrected chi connectivity index (χ0v) is 4.85. The summed E-state index contributed by atoms with van der Waals surface area (Å²) in [5.74, 6) is 0. The van der Waals surface area contributed by atoms with E-state index in [0.717, 1.165) is 0 Å². The Bertz CT molecular complexity index is 310. The van der Waals surface area contributed by atoms with Gasteiger partial charge in [0.15, 0.2) is 0 Å². The van der Waals surface area contributed by atoms with E-state index in [9.17, 15) is 4.79 Å². The number of nitrogens with zero attached hydrogens (tertiary/aromatic N) is 4. The van der Waals surface area contributed by atoms with Gasteiger partial charge in [-0.3, -0.25) is 0 Å². The van der Waals surface area contributed by atoms with Crippen molar-refractivity contribution in [3.63, 3.8) is 0 Å². The summed E-state index contributed by atoms with van der Waals surface area (Å²) >= 11 is 0. The molecule has 2 amide bonds. The number of carbonyl (C=O) groups excluding carboxylic acids is 1. The summed E-state index contributed by atoms with van der Waals surface area (Å²) in [5.41, 5.74) is 1.12. The molecule has 0 aromatic heterocycles. The Kier molecular flexibility index (Phi) is 0.858. The van der Waals surface area contributed by atoms with Gasteiger partial charge in [0.1, 0.15) is 11.4 Å². The monoisotopic (exact) mass is 134 g/mol. The molecule has 2 aliphatic rings. The molecule has 0 saturated carbocycles. The lowest BCUT2D eigenvalue weighted by Gasteiger charge is -1.98. The molecule has 0 bridgehead atoms. The Hall–Kier alpha value is -1.65. The van der Waals surface area contributed by atoms with E-state index in [1.54, 1.807) is 0 Å². The van der Waals surface area contributed by atoms with Crippen LogP contribution in [-0.4, -0.2) is 18.0 Å². The average molecular weight is 134 g/mol. The van der Waals surface area contributed by atoms with Crippen LogP contribution < -0.4 is 0 Å². The molecule has 2 aliphatic heterocycles. The second kappa shape index (κ2) is 1.66. The highest BCUT2D eigenvalue weighted by molar-refractivity contribution is 6.43. The van der Waals surface area contributed by atoms with Gasteiger partial charge in [0.25, 0.3) is 0 Å². The maximum Gasteiger partial charge on any atom is 0.367 e. The fourth-order valence-electron chi connectivity index (χ4n) is 0.633. The molecule has 0 unspecified atom stereocenters. The van der Waals surface area contributed by atoms with Gasteiger partial charge in [-0.2, -0.15) is 15.1 Å². The first kappa shape index (κ1) is 5.16. The fraction of sp³-hybridized carbons (Fsp3) is 0. The normalized spacial score (nSPS) is 20.6. The van der Waals surface area contributed by atoms with Crippen LogP contribution in [0, 0.1) is 0 Å². The second-order valence-corrected chi connectivity index (χ2v) is 1.77. The summed E-state index contributed by atoms with van der Waals surface area (Å²) in [5, 5.41) is 7.07. The zero-order valence-electron chi connectivity index (χ0n) is 4.85. The standard InChI is InChI=1S/C5H2N4O/c10-5-6-1-3(8-5)4-2-7-9-4/h1-2H. The van der Waals surface area contributed by atoms with Gasteiger partial charge >= 0.3 is 6.03 Å². The number of amides is 2. The minimum absolute atomic E-state index is 0.474. The van der Waals surface area contributed by atoms with Crippen molar-refractivity contribution in [1.29, 1.82) is 0 Å². The molecule has 0 spiro atoms. The van der Waals surface area contributed by atoms with Crippen molar-refractivity contribution in [2.24, 2.45) is 20.2 Å². The van der Waals surface area contributed by atoms with Crippen LogP contribution in [0.4, 0.5) is 4.79 Å². The van der Waals surface area contributed by atoms with E-state index in [1.165, 1.54) is 12.4 Å². The summed E-state index contributed by atoms with van der Waals surface area (Å²) in [6.45, 7) is 0. The predicted octanol–water partition coefficient (Wildman–Crippen LogP) is 0.939. The number of hydrogen-bond donors (Lipinski definition) is 0. The Labute approximate surface area is 55.9 Å². The summed E-state index contributed by atoms with van der Waals surface area (Å²) in [7, 11) is 0. The van der Waals surface area contributed by atoms with Crippen LogP contribution in [0.25, 0.3) is 0 Å². The minimum atomic E-state index is -0.474. The van der Waals surface area contributed by atoms with Gasteiger partial charge in [0.05, 0.1) is 12.4 Å². The lowest BCUT2D eigenvalue weighted by molar-refractivity contribution is 0.257. The van der Waals surface area contributed by atoms with Gasteiger partial charge in [0.2, 0.25) is 0 Å². The zero-order chi connectivity index (χ0) is 6.97. The average Bonchev–Trinajstić information content (AvgIpc) is 2.10. The molecule has 0 N–H and O–H groups in total. The lowest BCUT2D eigenvalue weighted by atomic mass is 10.3. The van der Waals surface area contributed by atoms with Crippen molar-refractivity contribution in [1.82, 2.24) is 0 Å². The van der Waals surface area contributed by atoms with Crippen LogP contribution in [0.2, 0.25) is 0 Å². The van der Waals surface area contributed by atoms with E-state index < -0.39 is 6.03 Å². The molecule has 0 saturated heterocycles. The predicted molar refractivity (Wildman–Crippen MR) is 34.3 cm³/mol. The first-order valence-corrected chi connectivity index (χ1v) is 2.64. The third-order valence-corrected chi connectivity index (χ3v) is 1.12. The van der Waals surface area contributed by atoms with Crippen LogP contribution in [0.1, 0.15) is 0 Å². The molecule has 0 atom stereocenters. The number of allylic oxidation sites excluding steroid dienone is 1. The maximum absolute atomic E-state index is 10.4. The molecule has 48 valence electrons. The van der Waals surface area contributed by atoms with Crippen molar-refractivity contribution in [3.8, 4) is 0 Å². The Morgan fingerprint density at radius 3 is 2.60 bits per heavy atom. The third kappa shape index (κ3) is 0.604.